The maximum atomic E-state index is 12.3. The fraction of sp³-hybridized carbons (Fsp3) is 1.00. The number of hydrogen-bond acceptors (Lipinski definition) is 5. The minimum Gasteiger partial charge on any atom is -0.319 e. The van der Waals surface area contributed by atoms with Gasteiger partial charge in [0.05, 0.1) is 11.5 Å². The molecule has 2 heterocycles. The molecule has 0 amide bonds. The quantitative estimate of drug-likeness (QED) is 0.693. The number of nitrogens with one attached hydrogen (secondary N) is 2. The highest BCUT2D eigenvalue weighted by atomic mass is 32.2. The Labute approximate surface area is 127 Å². The Balaban J connectivity index is 1.85. The molecule has 0 aromatic heterocycles. The normalized spacial score (nSPS) is 26.0. The average Bonchev–Trinajstić information content (AvgIpc) is 2.42. The third-order valence-electron chi connectivity index (χ3n) is 4.28. The Bertz CT molecular complexity index is 525. The minimum atomic E-state index is -3.49. The Kier molecular flexibility index (Phi) is 5.64. The lowest BCUT2D eigenvalue weighted by Crippen LogP contribution is -2.50. The van der Waals surface area contributed by atoms with Crippen LogP contribution in [-0.2, 0) is 20.0 Å². The van der Waals surface area contributed by atoms with Gasteiger partial charge in [-0.1, -0.05) is 0 Å². The second-order valence-electron chi connectivity index (χ2n) is 5.95. The summed E-state index contributed by atoms with van der Waals surface area (Å²) in [7, 11) is -4.55. The summed E-state index contributed by atoms with van der Waals surface area (Å²) < 4.78 is 51.5. The van der Waals surface area contributed by atoms with Gasteiger partial charge in [0.1, 0.15) is 9.84 Å². The van der Waals surface area contributed by atoms with E-state index in [1.807, 2.05) is 7.05 Å². The molecule has 2 N–H and O–H groups in total. The van der Waals surface area contributed by atoms with Gasteiger partial charge in [-0.3, -0.25) is 0 Å². The van der Waals surface area contributed by atoms with Gasteiger partial charge in [-0.2, -0.15) is 17.4 Å². The summed E-state index contributed by atoms with van der Waals surface area (Å²) in [6.45, 7) is 1.99. The van der Waals surface area contributed by atoms with Crippen molar-refractivity contribution >= 4 is 20.0 Å². The maximum Gasteiger partial charge on any atom is 0.279 e. The first-order valence-electron chi connectivity index (χ1n) is 7.45. The number of sulfone groups is 1. The van der Waals surface area contributed by atoms with E-state index in [-0.39, 0.29) is 17.5 Å². The molecule has 21 heavy (non-hydrogen) atoms. The molecule has 2 saturated heterocycles. The van der Waals surface area contributed by atoms with E-state index < -0.39 is 20.0 Å². The van der Waals surface area contributed by atoms with Crippen LogP contribution in [0.3, 0.4) is 0 Å². The van der Waals surface area contributed by atoms with E-state index in [0.717, 1.165) is 19.4 Å². The first kappa shape index (κ1) is 17.1. The van der Waals surface area contributed by atoms with E-state index in [2.05, 4.69) is 10.0 Å². The van der Waals surface area contributed by atoms with Crippen LogP contribution < -0.4 is 10.0 Å². The topological polar surface area (TPSA) is 95.6 Å². The largest absolute Gasteiger partial charge is 0.319 e. The molecule has 0 bridgehead atoms. The van der Waals surface area contributed by atoms with E-state index in [1.165, 1.54) is 4.31 Å². The van der Waals surface area contributed by atoms with Crippen molar-refractivity contribution < 1.29 is 16.8 Å². The molecule has 9 heteroatoms. The van der Waals surface area contributed by atoms with Crippen molar-refractivity contribution in [1.29, 1.82) is 0 Å². The van der Waals surface area contributed by atoms with Gasteiger partial charge in [-0.15, -0.1) is 0 Å². The molecular formula is C12H25N3O4S2. The van der Waals surface area contributed by atoms with Crippen LogP contribution in [0.4, 0.5) is 0 Å². The van der Waals surface area contributed by atoms with Crippen molar-refractivity contribution in [3.05, 3.63) is 0 Å². The third-order valence-corrected chi connectivity index (χ3v) is 7.67. The smallest absolute Gasteiger partial charge is 0.279 e. The highest BCUT2D eigenvalue weighted by Crippen LogP contribution is 2.20. The number of rotatable bonds is 5. The molecule has 7 nitrogen and oxygen atoms in total. The Hall–Kier alpha value is -0.220. The second kappa shape index (κ2) is 6.91. The van der Waals surface area contributed by atoms with Crippen LogP contribution in [0.5, 0.6) is 0 Å². The SMILES string of the molecule is CNCC1CCN(S(=O)(=O)NC2CCS(=O)(=O)CC2)CC1. The summed E-state index contributed by atoms with van der Waals surface area (Å²) in [5.41, 5.74) is 0. The van der Waals surface area contributed by atoms with Crippen molar-refractivity contribution in [3.63, 3.8) is 0 Å². The number of hydrogen-bond donors (Lipinski definition) is 2. The predicted octanol–water partition coefficient (Wildman–Crippen LogP) is -0.671. The molecule has 0 aliphatic carbocycles. The zero-order valence-electron chi connectivity index (χ0n) is 12.4. The van der Waals surface area contributed by atoms with Crippen LogP contribution in [0.2, 0.25) is 0 Å². The Morgan fingerprint density at radius 3 is 2.19 bits per heavy atom. The van der Waals surface area contributed by atoms with Gasteiger partial charge < -0.3 is 5.32 Å². The van der Waals surface area contributed by atoms with Crippen molar-refractivity contribution in [2.75, 3.05) is 38.2 Å². The predicted molar refractivity (Wildman–Crippen MR) is 82.0 cm³/mol. The lowest BCUT2D eigenvalue weighted by atomic mass is 9.98. The van der Waals surface area contributed by atoms with Crippen LogP contribution in [0, 0.1) is 5.92 Å². The molecule has 2 aliphatic heterocycles. The molecule has 0 unspecified atom stereocenters. The molecule has 2 fully saturated rings. The fourth-order valence-electron chi connectivity index (χ4n) is 2.94. The monoisotopic (exact) mass is 339 g/mol. The Morgan fingerprint density at radius 1 is 1.10 bits per heavy atom. The van der Waals surface area contributed by atoms with Crippen LogP contribution >= 0.6 is 0 Å². The second-order valence-corrected chi connectivity index (χ2v) is 9.95. The summed E-state index contributed by atoms with van der Waals surface area (Å²) in [4.78, 5) is 0. The van der Waals surface area contributed by atoms with Gasteiger partial charge in [0.25, 0.3) is 10.2 Å². The molecule has 0 spiro atoms. The Morgan fingerprint density at radius 2 is 1.67 bits per heavy atom. The highest BCUT2D eigenvalue weighted by molar-refractivity contribution is 7.91. The fourth-order valence-corrected chi connectivity index (χ4v) is 5.92. The standard InChI is InChI=1S/C12H25N3O4S2/c1-13-10-11-2-6-15(7-3-11)21(18,19)14-12-4-8-20(16,17)9-5-12/h11-14H,2-10H2,1H3. The van der Waals surface area contributed by atoms with E-state index in [9.17, 15) is 16.8 Å². The molecule has 0 atom stereocenters. The third kappa shape index (κ3) is 4.88. The van der Waals surface area contributed by atoms with E-state index >= 15 is 0 Å². The molecular weight excluding hydrogens is 314 g/mol. The summed E-state index contributed by atoms with van der Waals surface area (Å²) in [6, 6.07) is -0.256. The van der Waals surface area contributed by atoms with E-state index in [4.69, 9.17) is 0 Å². The zero-order chi connectivity index (χ0) is 15.5. The first-order chi connectivity index (χ1) is 9.82. The highest BCUT2D eigenvalue weighted by Gasteiger charge is 2.32. The van der Waals surface area contributed by atoms with Gasteiger partial charge in [0.2, 0.25) is 0 Å². The summed E-state index contributed by atoms with van der Waals surface area (Å²) >= 11 is 0. The lowest BCUT2D eigenvalue weighted by Gasteiger charge is -2.33. The molecule has 0 saturated carbocycles. The van der Waals surface area contributed by atoms with Gasteiger partial charge in [-0.05, 0) is 45.2 Å². The summed E-state index contributed by atoms with van der Waals surface area (Å²) in [5.74, 6) is 0.677. The molecule has 0 radical (unpaired) electrons. The first-order valence-corrected chi connectivity index (χ1v) is 10.7. The van der Waals surface area contributed by atoms with Gasteiger partial charge >= 0.3 is 0 Å². The maximum absolute atomic E-state index is 12.3. The van der Waals surface area contributed by atoms with Crippen molar-refractivity contribution in [3.8, 4) is 0 Å². The van der Waals surface area contributed by atoms with E-state index in [1.54, 1.807) is 0 Å². The van der Waals surface area contributed by atoms with Crippen LogP contribution in [0.15, 0.2) is 0 Å². The van der Waals surface area contributed by atoms with Crippen LogP contribution in [-0.4, -0.2) is 65.4 Å². The van der Waals surface area contributed by atoms with Crippen molar-refractivity contribution in [2.24, 2.45) is 5.92 Å². The number of nitrogens with zero attached hydrogens (tertiary/aromatic N) is 1. The van der Waals surface area contributed by atoms with Gasteiger partial charge in [0.15, 0.2) is 0 Å². The molecule has 124 valence electrons. The van der Waals surface area contributed by atoms with Crippen molar-refractivity contribution in [1.82, 2.24) is 14.3 Å². The molecule has 0 aromatic carbocycles. The summed E-state index contributed by atoms with van der Waals surface area (Å²) in [5, 5.41) is 3.12. The summed E-state index contributed by atoms with van der Waals surface area (Å²) in [6.07, 6.45) is 2.47. The minimum absolute atomic E-state index is 0.0738. The van der Waals surface area contributed by atoms with Gasteiger partial charge in [-0.25, -0.2) is 8.42 Å². The zero-order valence-corrected chi connectivity index (χ0v) is 14.0. The van der Waals surface area contributed by atoms with E-state index in [0.29, 0.717) is 31.8 Å². The molecule has 2 rings (SSSR count). The van der Waals surface area contributed by atoms with Crippen LogP contribution in [0.1, 0.15) is 25.7 Å². The van der Waals surface area contributed by atoms with Gasteiger partial charge in [0, 0.05) is 19.1 Å². The van der Waals surface area contributed by atoms with Crippen LogP contribution in [0.25, 0.3) is 0 Å². The van der Waals surface area contributed by atoms with Crippen molar-refractivity contribution in [2.45, 2.75) is 31.7 Å². The molecule has 0 aromatic rings. The molecule has 2 aliphatic rings. The number of piperidine rings is 1. The lowest BCUT2D eigenvalue weighted by molar-refractivity contribution is 0.266. The average molecular weight is 339 g/mol.